The van der Waals surface area contributed by atoms with Crippen molar-refractivity contribution < 1.29 is 31.5 Å². The highest BCUT2D eigenvalue weighted by molar-refractivity contribution is 7.89. The largest absolute Gasteiger partial charge is 0.495 e. The van der Waals surface area contributed by atoms with E-state index in [4.69, 9.17) is 32.7 Å². The molecule has 224 valence electrons. The molecule has 0 radical (unpaired) electrons. The molecule has 0 aliphatic heterocycles. The van der Waals surface area contributed by atoms with Crippen molar-refractivity contribution in [2.24, 2.45) is 5.92 Å². The van der Waals surface area contributed by atoms with Crippen molar-refractivity contribution >= 4 is 39.1 Å². The van der Waals surface area contributed by atoms with Crippen LogP contribution in [0.15, 0.2) is 44.8 Å². The molecule has 0 spiro atoms. The third kappa shape index (κ3) is 6.28. The van der Waals surface area contributed by atoms with Crippen LogP contribution in [-0.4, -0.2) is 48.3 Å². The SMILES string of the molecule is COc1ccc(Oc2c(Cl)cc(-n3nc(C(F)F)c(=O)[nH]c3=O)cc2Cl)cc1S(=O)(=O)N[C@H]1C[C@H](C(=O)NC2CC2)C1. The minimum absolute atomic E-state index is 0.00217. The number of carbonyl (C=O) groups excluding carboxylic acids is 1. The molecule has 3 N–H and O–H groups in total. The smallest absolute Gasteiger partial charge is 0.349 e. The van der Waals surface area contributed by atoms with Gasteiger partial charge in [0.05, 0.1) is 22.8 Å². The Morgan fingerprint density at radius 1 is 1.12 bits per heavy atom. The highest BCUT2D eigenvalue weighted by Gasteiger charge is 2.39. The summed E-state index contributed by atoms with van der Waals surface area (Å²) in [6, 6.07) is 6.03. The van der Waals surface area contributed by atoms with Crippen LogP contribution in [0.3, 0.4) is 0 Å². The summed E-state index contributed by atoms with van der Waals surface area (Å²) in [5, 5.41) is 5.95. The maximum Gasteiger partial charge on any atom is 0.349 e. The zero-order chi connectivity index (χ0) is 30.3. The standard InChI is InChI=1S/C25H23Cl2F2N5O7S/c1-40-18-5-4-15(10-19(18)42(38,39)33-13-6-11(7-13)23(35)30-12-2-3-12)41-21-16(26)8-14(9-17(21)27)34-25(37)31-24(36)20(32-34)22(28)29/h4-5,8-13,22,33H,2-3,6-7H2,1H3,(H,30,35)(H,31,36,37)/t11-,13-. The van der Waals surface area contributed by atoms with Crippen molar-refractivity contribution in [2.75, 3.05) is 7.11 Å². The van der Waals surface area contributed by atoms with Gasteiger partial charge in [0, 0.05) is 24.1 Å². The molecule has 1 heterocycles. The van der Waals surface area contributed by atoms with Crippen molar-refractivity contribution in [3.8, 4) is 22.9 Å². The number of hydrogen-bond donors (Lipinski definition) is 3. The molecule has 42 heavy (non-hydrogen) atoms. The van der Waals surface area contributed by atoms with Gasteiger partial charge in [-0.15, -0.1) is 0 Å². The first-order valence-corrected chi connectivity index (χ1v) is 14.8. The summed E-state index contributed by atoms with van der Waals surface area (Å²) in [7, 11) is -2.81. The molecule has 0 unspecified atom stereocenters. The van der Waals surface area contributed by atoms with Crippen LogP contribution in [0.25, 0.3) is 5.69 Å². The molecule has 2 saturated carbocycles. The normalized spacial score (nSPS) is 18.4. The molecule has 12 nitrogen and oxygen atoms in total. The number of H-pyrrole nitrogens is 1. The lowest BCUT2D eigenvalue weighted by Crippen LogP contribution is -2.49. The number of aromatic nitrogens is 3. The Morgan fingerprint density at radius 2 is 1.79 bits per heavy atom. The van der Waals surface area contributed by atoms with Crippen molar-refractivity contribution in [1.29, 1.82) is 0 Å². The molecule has 5 rings (SSSR count). The van der Waals surface area contributed by atoms with Gasteiger partial charge in [0.25, 0.3) is 12.0 Å². The van der Waals surface area contributed by atoms with E-state index in [1.807, 2.05) is 0 Å². The van der Waals surface area contributed by atoms with Crippen LogP contribution >= 0.6 is 23.2 Å². The minimum atomic E-state index is -4.11. The van der Waals surface area contributed by atoms with Gasteiger partial charge in [0.2, 0.25) is 15.9 Å². The van der Waals surface area contributed by atoms with Crippen LogP contribution in [-0.2, 0) is 14.8 Å². The molecule has 0 bridgehead atoms. The van der Waals surface area contributed by atoms with E-state index in [9.17, 15) is 31.6 Å². The van der Waals surface area contributed by atoms with Gasteiger partial charge in [-0.25, -0.2) is 26.7 Å². The first-order chi connectivity index (χ1) is 19.9. The molecule has 17 heteroatoms. The molecule has 2 fully saturated rings. The van der Waals surface area contributed by atoms with Crippen molar-refractivity contribution in [1.82, 2.24) is 24.8 Å². The van der Waals surface area contributed by atoms with Crippen LogP contribution in [0.5, 0.6) is 17.2 Å². The van der Waals surface area contributed by atoms with Crippen LogP contribution in [0.4, 0.5) is 8.78 Å². The van der Waals surface area contributed by atoms with Crippen molar-refractivity contribution in [2.45, 2.75) is 49.1 Å². The number of aromatic amines is 1. The fourth-order valence-electron chi connectivity index (χ4n) is 4.30. The van der Waals surface area contributed by atoms with Crippen LogP contribution in [0.1, 0.15) is 37.8 Å². The molecule has 3 aromatic rings. The Morgan fingerprint density at radius 3 is 2.38 bits per heavy atom. The summed E-state index contributed by atoms with van der Waals surface area (Å²) >= 11 is 12.6. The number of alkyl halides is 2. The lowest BCUT2D eigenvalue weighted by atomic mass is 9.80. The lowest BCUT2D eigenvalue weighted by molar-refractivity contribution is -0.128. The van der Waals surface area contributed by atoms with Gasteiger partial charge in [0.1, 0.15) is 16.4 Å². The number of rotatable bonds is 10. The van der Waals surface area contributed by atoms with Crippen LogP contribution in [0.2, 0.25) is 10.0 Å². The summed E-state index contributed by atoms with van der Waals surface area (Å²) in [5.41, 5.74) is -3.77. The maximum atomic E-state index is 13.2. The molecule has 1 aromatic heterocycles. The zero-order valence-corrected chi connectivity index (χ0v) is 24.0. The van der Waals surface area contributed by atoms with Gasteiger partial charge in [-0.2, -0.15) is 9.78 Å². The van der Waals surface area contributed by atoms with E-state index in [2.05, 4.69) is 15.1 Å². The van der Waals surface area contributed by atoms with Crippen molar-refractivity contribution in [3.63, 3.8) is 0 Å². The average Bonchev–Trinajstić information content (AvgIpc) is 3.71. The first-order valence-electron chi connectivity index (χ1n) is 12.6. The van der Waals surface area contributed by atoms with E-state index in [-0.39, 0.29) is 55.7 Å². The van der Waals surface area contributed by atoms with Crippen LogP contribution < -0.4 is 30.8 Å². The van der Waals surface area contributed by atoms with Gasteiger partial charge < -0.3 is 14.8 Å². The number of benzene rings is 2. The average molecular weight is 646 g/mol. The molecule has 2 aliphatic rings. The molecular weight excluding hydrogens is 623 g/mol. The van der Waals surface area contributed by atoms with E-state index < -0.39 is 39.4 Å². The number of ether oxygens (including phenoxy) is 2. The summed E-state index contributed by atoms with van der Waals surface area (Å²) in [5.74, 6) is -0.438. The van der Waals surface area contributed by atoms with Crippen LogP contribution in [0, 0.1) is 5.92 Å². The number of nitrogens with zero attached hydrogens (tertiary/aromatic N) is 2. The highest BCUT2D eigenvalue weighted by Crippen LogP contribution is 2.40. The van der Waals surface area contributed by atoms with E-state index in [0.717, 1.165) is 25.0 Å². The van der Waals surface area contributed by atoms with Gasteiger partial charge in [-0.1, -0.05) is 23.2 Å². The van der Waals surface area contributed by atoms with Gasteiger partial charge >= 0.3 is 5.69 Å². The second kappa shape index (κ2) is 11.6. The number of nitrogens with one attached hydrogen (secondary N) is 3. The minimum Gasteiger partial charge on any atom is -0.495 e. The number of methoxy groups -OCH3 is 1. The van der Waals surface area contributed by atoms with Crippen molar-refractivity contribution in [3.05, 3.63) is 66.9 Å². The first kappa shape index (κ1) is 29.9. The molecule has 0 atom stereocenters. The van der Waals surface area contributed by atoms with E-state index in [0.29, 0.717) is 17.5 Å². The summed E-state index contributed by atoms with van der Waals surface area (Å²) in [6.07, 6.45) is -0.606. The fraction of sp³-hybridized carbons (Fsp3) is 0.360. The Hall–Kier alpha value is -3.53. The monoisotopic (exact) mass is 645 g/mol. The predicted molar refractivity (Wildman–Crippen MR) is 146 cm³/mol. The Labute approximate surface area is 247 Å². The summed E-state index contributed by atoms with van der Waals surface area (Å²) in [4.78, 5) is 37.5. The topological polar surface area (TPSA) is 161 Å². The third-order valence-corrected chi connectivity index (χ3v) is 8.79. The molecule has 0 saturated heterocycles. The van der Waals surface area contributed by atoms with Gasteiger partial charge in [-0.05, 0) is 49.9 Å². The lowest BCUT2D eigenvalue weighted by Gasteiger charge is -2.34. The second-order valence-electron chi connectivity index (χ2n) is 9.78. The Bertz CT molecular complexity index is 1750. The molecule has 1 amide bonds. The van der Waals surface area contributed by atoms with E-state index >= 15 is 0 Å². The number of hydrogen-bond acceptors (Lipinski definition) is 8. The molecular formula is C25H23Cl2F2N5O7S. The second-order valence-corrected chi connectivity index (χ2v) is 12.3. The summed E-state index contributed by atoms with van der Waals surface area (Å²) < 4.78 is 66.8. The van der Waals surface area contributed by atoms with E-state index in [1.165, 1.54) is 25.3 Å². The van der Waals surface area contributed by atoms with Gasteiger partial charge in [0.15, 0.2) is 11.4 Å². The Balaban J connectivity index is 1.36. The zero-order valence-electron chi connectivity index (χ0n) is 21.7. The number of carbonyl (C=O) groups is 1. The number of amides is 1. The van der Waals surface area contributed by atoms with Gasteiger partial charge in [-0.3, -0.25) is 14.6 Å². The predicted octanol–water partition coefficient (Wildman–Crippen LogP) is 3.30. The number of sulfonamides is 1. The number of halogens is 4. The fourth-order valence-corrected chi connectivity index (χ4v) is 6.30. The third-order valence-electron chi connectivity index (χ3n) is 6.69. The van der Waals surface area contributed by atoms with E-state index in [1.54, 1.807) is 4.98 Å². The summed E-state index contributed by atoms with van der Waals surface area (Å²) in [6.45, 7) is 0. The quantitative estimate of drug-likeness (QED) is 0.303. The molecule has 2 aromatic carbocycles. The molecule has 2 aliphatic carbocycles. The highest BCUT2D eigenvalue weighted by atomic mass is 35.5. The Kier molecular flexibility index (Phi) is 8.29. The maximum absolute atomic E-state index is 13.2.